The molecule has 4 N–H and O–H groups in total. The summed E-state index contributed by atoms with van der Waals surface area (Å²) < 4.78 is 26.7. The average Bonchev–Trinajstić information content (AvgIpc) is 3.05. The molecule has 4 atom stereocenters. The van der Waals surface area contributed by atoms with Crippen molar-refractivity contribution < 1.29 is 33.5 Å². The van der Waals surface area contributed by atoms with E-state index < -0.39 is 44.5 Å². The van der Waals surface area contributed by atoms with Gasteiger partial charge in [-0.05, 0) is 0 Å². The van der Waals surface area contributed by atoms with E-state index in [0.29, 0.717) is 0 Å². The number of H-pyrrole nitrogens is 1. The predicted molar refractivity (Wildman–Crippen MR) is 76.8 cm³/mol. The Bertz CT molecular complexity index is 877. The van der Waals surface area contributed by atoms with Gasteiger partial charge in [0.1, 0.15) is 18.3 Å². The summed E-state index contributed by atoms with van der Waals surface area (Å²) in [4.78, 5) is 43.2. The quantitative estimate of drug-likeness (QED) is 0.445. The molecule has 0 saturated carbocycles. The van der Waals surface area contributed by atoms with Crippen LogP contribution in [0.25, 0.3) is 11.2 Å². The maximum atomic E-state index is 11.8. The van der Waals surface area contributed by atoms with Crippen molar-refractivity contribution in [3.8, 4) is 0 Å². The lowest BCUT2D eigenvalue weighted by atomic mass is 10.1. The van der Waals surface area contributed by atoms with E-state index in [2.05, 4.69) is 19.5 Å². The zero-order valence-electron chi connectivity index (χ0n) is 12.8. The minimum atomic E-state index is -5.22. The van der Waals surface area contributed by atoms with Crippen molar-refractivity contribution >= 4 is 24.9 Å². The topological polar surface area (TPSA) is 201 Å². The van der Waals surface area contributed by atoms with Crippen LogP contribution in [-0.4, -0.2) is 56.7 Å². The molecule has 2 aromatic heterocycles. The van der Waals surface area contributed by atoms with Gasteiger partial charge in [0.05, 0.1) is 20.8 Å². The number of aliphatic hydroxyl groups excluding tert-OH is 1. The second-order valence-electron chi connectivity index (χ2n) is 5.27. The maximum absolute atomic E-state index is 11.8. The summed E-state index contributed by atoms with van der Waals surface area (Å²) in [7, 11) is -3.95. The van der Waals surface area contributed by atoms with E-state index in [1.165, 1.54) is 18.0 Å². The number of anilines is 1. The molecule has 138 valence electrons. The standard InChI is InChI=1S/C11H16N5O8P/c1-22-7-4(2-23-25(19,20)21)24-10(6(7)17)16-3-13-5-8(16)14-11(12)15-9(5)18/h3-4,6-7,10,17H,2H2,1H3,(H2,19,20,21)(H3,12,14,15,18)/p-2/t4-,6?,7-,10-/m0/s1. The summed E-state index contributed by atoms with van der Waals surface area (Å²) >= 11 is 0. The summed E-state index contributed by atoms with van der Waals surface area (Å²) in [5.74, 6) is -0.159. The van der Waals surface area contributed by atoms with E-state index in [-0.39, 0.29) is 17.1 Å². The fourth-order valence-electron chi connectivity index (χ4n) is 2.67. The fourth-order valence-corrected chi connectivity index (χ4v) is 3.00. The van der Waals surface area contributed by atoms with Crippen molar-refractivity contribution in [3.63, 3.8) is 0 Å². The van der Waals surface area contributed by atoms with E-state index in [1.807, 2.05) is 0 Å². The number of hydrogen-bond acceptors (Lipinski definition) is 11. The number of nitrogens with two attached hydrogens (primary N) is 1. The molecular weight excluding hydrogens is 361 g/mol. The Hall–Kier alpha value is -1.86. The van der Waals surface area contributed by atoms with Crippen molar-refractivity contribution in [2.24, 2.45) is 0 Å². The van der Waals surface area contributed by atoms with Gasteiger partial charge < -0.3 is 39.2 Å². The van der Waals surface area contributed by atoms with Crippen molar-refractivity contribution in [1.29, 1.82) is 0 Å². The summed E-state index contributed by atoms with van der Waals surface area (Å²) in [6.45, 7) is -0.640. The number of methoxy groups -OCH3 is 1. The number of aliphatic hydroxyl groups is 1. The van der Waals surface area contributed by atoms with E-state index in [4.69, 9.17) is 15.2 Å². The largest absolute Gasteiger partial charge is 0.790 e. The van der Waals surface area contributed by atoms with Crippen molar-refractivity contribution in [1.82, 2.24) is 19.5 Å². The first-order valence-electron chi connectivity index (χ1n) is 6.96. The molecule has 0 aliphatic carbocycles. The highest BCUT2D eigenvalue weighted by atomic mass is 31.2. The number of nitrogens with one attached hydrogen (secondary N) is 1. The van der Waals surface area contributed by atoms with Gasteiger partial charge in [-0.3, -0.25) is 14.3 Å². The summed E-state index contributed by atoms with van der Waals surface area (Å²) in [6, 6.07) is 0. The smallest absolute Gasteiger partial charge is 0.280 e. The first kappa shape index (κ1) is 17.9. The highest BCUT2D eigenvalue weighted by Gasteiger charge is 2.45. The highest BCUT2D eigenvalue weighted by Crippen LogP contribution is 2.35. The molecule has 0 radical (unpaired) electrons. The van der Waals surface area contributed by atoms with Gasteiger partial charge >= 0.3 is 0 Å². The number of phosphoric ester groups is 1. The Labute approximate surface area is 139 Å². The first-order chi connectivity index (χ1) is 11.7. The molecule has 3 heterocycles. The van der Waals surface area contributed by atoms with Crippen molar-refractivity contribution in [3.05, 3.63) is 16.7 Å². The number of hydrogen-bond donors (Lipinski definition) is 3. The molecule has 0 bridgehead atoms. The zero-order chi connectivity index (χ0) is 18.4. The van der Waals surface area contributed by atoms with Crippen molar-refractivity contribution in [2.45, 2.75) is 24.5 Å². The van der Waals surface area contributed by atoms with Gasteiger partial charge in [-0.1, -0.05) is 0 Å². The molecule has 14 heteroatoms. The van der Waals surface area contributed by atoms with Gasteiger partial charge in [0.15, 0.2) is 17.4 Å². The van der Waals surface area contributed by atoms with Crippen LogP contribution < -0.4 is 21.1 Å². The number of fused-ring (bicyclic) bond motifs is 1. The number of imidazole rings is 1. The lowest BCUT2D eigenvalue weighted by Crippen LogP contribution is -2.36. The van der Waals surface area contributed by atoms with Gasteiger partial charge in [0, 0.05) is 7.11 Å². The minimum absolute atomic E-state index is 0.0257. The Morgan fingerprint density at radius 2 is 2.28 bits per heavy atom. The first-order valence-corrected chi connectivity index (χ1v) is 8.42. The number of ether oxygens (including phenoxy) is 2. The van der Waals surface area contributed by atoms with Gasteiger partial charge in [0.2, 0.25) is 5.95 Å². The monoisotopic (exact) mass is 375 g/mol. The normalized spacial score (nSPS) is 27.2. The minimum Gasteiger partial charge on any atom is -0.790 e. The van der Waals surface area contributed by atoms with Gasteiger partial charge in [-0.15, -0.1) is 0 Å². The van der Waals surface area contributed by atoms with Crippen LogP contribution in [0.4, 0.5) is 5.95 Å². The van der Waals surface area contributed by atoms with E-state index in [0.717, 1.165) is 0 Å². The molecule has 1 aliphatic rings. The summed E-state index contributed by atoms with van der Waals surface area (Å²) in [5, 5.41) is 10.4. The van der Waals surface area contributed by atoms with Crippen LogP contribution in [0.5, 0.6) is 0 Å². The van der Waals surface area contributed by atoms with Crippen LogP contribution in [0.1, 0.15) is 6.23 Å². The molecule has 0 spiro atoms. The molecule has 25 heavy (non-hydrogen) atoms. The Kier molecular flexibility index (Phi) is 4.64. The summed E-state index contributed by atoms with van der Waals surface area (Å²) in [6.07, 6.45) is -3.24. The third-order valence-corrected chi connectivity index (χ3v) is 4.17. The van der Waals surface area contributed by atoms with Crippen LogP contribution in [-0.2, 0) is 18.6 Å². The molecule has 0 amide bonds. The number of aromatic nitrogens is 4. The third kappa shape index (κ3) is 3.43. The number of aromatic amines is 1. The lowest BCUT2D eigenvalue weighted by Gasteiger charge is -2.30. The lowest BCUT2D eigenvalue weighted by molar-refractivity contribution is -0.343. The van der Waals surface area contributed by atoms with Crippen LogP contribution in [0.3, 0.4) is 0 Å². The molecule has 1 fully saturated rings. The zero-order valence-corrected chi connectivity index (χ0v) is 13.7. The molecule has 13 nitrogen and oxygen atoms in total. The van der Waals surface area contributed by atoms with Crippen LogP contribution >= 0.6 is 7.82 Å². The molecule has 2 aromatic rings. The average molecular weight is 375 g/mol. The highest BCUT2D eigenvalue weighted by molar-refractivity contribution is 7.43. The number of nitrogen functional groups attached to an aromatic ring is 1. The molecule has 1 aliphatic heterocycles. The van der Waals surface area contributed by atoms with E-state index in [1.54, 1.807) is 0 Å². The number of nitrogens with zero attached hydrogens (tertiary/aromatic N) is 3. The molecule has 0 aromatic carbocycles. The van der Waals surface area contributed by atoms with Crippen LogP contribution in [0, 0.1) is 0 Å². The van der Waals surface area contributed by atoms with Gasteiger partial charge in [-0.2, -0.15) is 4.98 Å². The Morgan fingerprint density at radius 1 is 1.56 bits per heavy atom. The molecular formula is C11H14N5O8P-2. The van der Waals surface area contributed by atoms with E-state index in [9.17, 15) is 24.3 Å². The maximum Gasteiger partial charge on any atom is 0.280 e. The Balaban J connectivity index is 1.93. The SMILES string of the molecule is CO[C@@H]1C(O)[C@@H](n2cnc3c(=O)[nH]c(N)nc32)O[C@H]1COP(=O)([O-])[O-]. The number of rotatable bonds is 5. The molecule has 3 rings (SSSR count). The van der Waals surface area contributed by atoms with Crippen LogP contribution in [0.2, 0.25) is 0 Å². The second-order valence-corrected chi connectivity index (χ2v) is 6.43. The van der Waals surface area contributed by atoms with Gasteiger partial charge in [-0.25, -0.2) is 4.98 Å². The van der Waals surface area contributed by atoms with Crippen molar-refractivity contribution in [2.75, 3.05) is 19.5 Å². The van der Waals surface area contributed by atoms with E-state index >= 15 is 0 Å². The summed E-state index contributed by atoms with van der Waals surface area (Å²) in [5.41, 5.74) is 4.96. The van der Waals surface area contributed by atoms with Gasteiger partial charge in [0.25, 0.3) is 5.56 Å². The third-order valence-electron chi connectivity index (χ3n) is 3.70. The van der Waals surface area contributed by atoms with Crippen LogP contribution in [0.15, 0.2) is 11.1 Å². The molecule has 1 saturated heterocycles. The molecule has 1 unspecified atom stereocenters. The predicted octanol–water partition coefficient (Wildman–Crippen LogP) is -3.18. The fraction of sp³-hybridized carbons (Fsp3) is 0.545. The number of phosphoric acid groups is 1. The second kappa shape index (κ2) is 6.46. The Morgan fingerprint density at radius 3 is 2.92 bits per heavy atom.